The van der Waals surface area contributed by atoms with Crippen LogP contribution in [0, 0.1) is 0 Å². The number of hydrogen-bond acceptors (Lipinski definition) is 8. The molecule has 4 aromatic rings. The fourth-order valence-corrected chi connectivity index (χ4v) is 5.16. The lowest BCUT2D eigenvalue weighted by Gasteiger charge is -2.28. The molecule has 2 N–H and O–H groups in total. The first kappa shape index (κ1) is 21.2. The first-order chi connectivity index (χ1) is 16.0. The lowest BCUT2D eigenvalue weighted by Crippen LogP contribution is -2.36. The van der Waals surface area contributed by atoms with Gasteiger partial charge in [0.25, 0.3) is 0 Å². The number of morpholine rings is 1. The number of ether oxygens (including phenoxy) is 2. The molecule has 1 aliphatic heterocycles. The number of fused-ring (bicyclic) bond motifs is 1. The van der Waals surface area contributed by atoms with Crippen LogP contribution in [-0.4, -0.2) is 56.8 Å². The van der Waals surface area contributed by atoms with E-state index in [1.807, 2.05) is 24.3 Å². The molecular formula is C23H23N5O4S. The monoisotopic (exact) mass is 465 g/mol. The van der Waals surface area contributed by atoms with Gasteiger partial charge >= 0.3 is 0 Å². The molecular weight excluding hydrogens is 442 g/mol. The fourth-order valence-electron chi connectivity index (χ4n) is 3.75. The van der Waals surface area contributed by atoms with Crippen LogP contribution in [0.4, 0.5) is 17.3 Å². The molecule has 1 saturated heterocycles. The zero-order chi connectivity index (χ0) is 22.8. The molecule has 3 heterocycles. The summed E-state index contributed by atoms with van der Waals surface area (Å²) in [6.07, 6.45) is 3.01. The standard InChI is InChI=1S/C23H23N5O4S/c1-31-18-3-2-4-19(13-18)33(29,30)21-15-24-20-14-25-23(27-22(20)21)26-16-5-7-17(8-6-16)28-9-11-32-12-10-28/h2-8,13-15,24H,9-12H2,1H3,(H,25,26,27). The van der Waals surface area contributed by atoms with E-state index in [1.165, 1.54) is 25.4 Å². The van der Waals surface area contributed by atoms with E-state index in [1.54, 1.807) is 18.3 Å². The topological polar surface area (TPSA) is 109 Å². The molecule has 1 aliphatic rings. The predicted octanol–water partition coefficient (Wildman–Crippen LogP) is 3.38. The van der Waals surface area contributed by atoms with Crippen molar-refractivity contribution in [2.75, 3.05) is 43.6 Å². The quantitative estimate of drug-likeness (QED) is 0.446. The Bertz CT molecular complexity index is 1380. The molecule has 0 atom stereocenters. The number of nitrogens with one attached hydrogen (secondary N) is 2. The van der Waals surface area contributed by atoms with Crippen LogP contribution >= 0.6 is 0 Å². The molecule has 0 spiro atoms. The van der Waals surface area contributed by atoms with Crippen LogP contribution < -0.4 is 15.0 Å². The molecule has 0 unspecified atom stereocenters. The van der Waals surface area contributed by atoms with Gasteiger partial charge in [-0.3, -0.25) is 0 Å². The van der Waals surface area contributed by atoms with Gasteiger partial charge in [0.2, 0.25) is 15.8 Å². The van der Waals surface area contributed by atoms with Crippen LogP contribution in [0.3, 0.4) is 0 Å². The maximum atomic E-state index is 13.3. The molecule has 10 heteroatoms. The second-order valence-corrected chi connectivity index (χ2v) is 9.48. The fraction of sp³-hybridized carbons (Fsp3) is 0.217. The Morgan fingerprint density at radius 3 is 2.67 bits per heavy atom. The van der Waals surface area contributed by atoms with Crippen LogP contribution in [0.25, 0.3) is 11.0 Å². The molecule has 5 rings (SSSR count). The normalized spacial score (nSPS) is 14.4. The van der Waals surface area contributed by atoms with Crippen LogP contribution in [0.1, 0.15) is 0 Å². The maximum Gasteiger partial charge on any atom is 0.227 e. The maximum absolute atomic E-state index is 13.3. The average Bonchev–Trinajstić information content (AvgIpc) is 3.29. The Kier molecular flexibility index (Phi) is 5.61. The van der Waals surface area contributed by atoms with Crippen LogP contribution in [0.5, 0.6) is 5.75 Å². The van der Waals surface area contributed by atoms with Crippen molar-refractivity contribution in [2.24, 2.45) is 0 Å². The lowest BCUT2D eigenvalue weighted by molar-refractivity contribution is 0.122. The summed E-state index contributed by atoms with van der Waals surface area (Å²) in [6, 6.07) is 14.3. The first-order valence-electron chi connectivity index (χ1n) is 10.5. The second kappa shape index (κ2) is 8.72. The van der Waals surface area contributed by atoms with E-state index in [0.717, 1.165) is 37.7 Å². The molecule has 2 aromatic heterocycles. The number of sulfone groups is 1. The molecule has 0 radical (unpaired) electrons. The summed E-state index contributed by atoms with van der Waals surface area (Å²) in [5, 5.41) is 3.16. The van der Waals surface area contributed by atoms with Crippen molar-refractivity contribution in [1.82, 2.24) is 15.0 Å². The van der Waals surface area contributed by atoms with E-state index in [0.29, 0.717) is 22.7 Å². The minimum Gasteiger partial charge on any atom is -0.497 e. The van der Waals surface area contributed by atoms with Crippen molar-refractivity contribution in [3.63, 3.8) is 0 Å². The molecule has 0 aliphatic carbocycles. The van der Waals surface area contributed by atoms with Crippen molar-refractivity contribution in [2.45, 2.75) is 9.79 Å². The number of rotatable bonds is 6. The highest BCUT2D eigenvalue weighted by atomic mass is 32.2. The predicted molar refractivity (Wildman–Crippen MR) is 125 cm³/mol. The smallest absolute Gasteiger partial charge is 0.227 e. The van der Waals surface area contributed by atoms with Gasteiger partial charge in [0.05, 0.1) is 36.9 Å². The van der Waals surface area contributed by atoms with Gasteiger partial charge in [0, 0.05) is 30.7 Å². The summed E-state index contributed by atoms with van der Waals surface area (Å²) < 4.78 is 37.1. The van der Waals surface area contributed by atoms with E-state index < -0.39 is 9.84 Å². The third-order valence-electron chi connectivity index (χ3n) is 5.52. The molecule has 0 saturated carbocycles. The number of nitrogens with zero attached hydrogens (tertiary/aromatic N) is 3. The minimum absolute atomic E-state index is 0.0823. The Labute approximate surface area is 191 Å². The Balaban J connectivity index is 1.42. The zero-order valence-corrected chi connectivity index (χ0v) is 18.8. The van der Waals surface area contributed by atoms with E-state index in [2.05, 4.69) is 25.2 Å². The van der Waals surface area contributed by atoms with Crippen molar-refractivity contribution in [3.05, 3.63) is 60.9 Å². The highest BCUT2D eigenvalue weighted by molar-refractivity contribution is 7.91. The summed E-state index contributed by atoms with van der Waals surface area (Å²) in [6.45, 7) is 3.19. The van der Waals surface area contributed by atoms with Gasteiger partial charge in [-0.05, 0) is 42.5 Å². The third kappa shape index (κ3) is 4.22. The number of H-pyrrole nitrogens is 1. The van der Waals surface area contributed by atoms with E-state index in [-0.39, 0.29) is 9.79 Å². The summed E-state index contributed by atoms with van der Waals surface area (Å²) in [5.74, 6) is 0.775. The van der Waals surface area contributed by atoms with Crippen molar-refractivity contribution >= 4 is 38.2 Å². The summed E-state index contributed by atoms with van der Waals surface area (Å²) in [5.41, 5.74) is 2.78. The van der Waals surface area contributed by atoms with Gasteiger partial charge < -0.3 is 24.7 Å². The summed E-state index contributed by atoms with van der Waals surface area (Å²) >= 11 is 0. The van der Waals surface area contributed by atoms with Gasteiger partial charge in [0.15, 0.2) is 0 Å². The third-order valence-corrected chi connectivity index (χ3v) is 7.29. The summed E-state index contributed by atoms with van der Waals surface area (Å²) in [7, 11) is -2.31. The van der Waals surface area contributed by atoms with Crippen molar-refractivity contribution < 1.29 is 17.9 Å². The van der Waals surface area contributed by atoms with Gasteiger partial charge in [-0.25, -0.2) is 18.4 Å². The number of anilines is 3. The Hall–Kier alpha value is -3.63. The van der Waals surface area contributed by atoms with Crippen LogP contribution in [0.2, 0.25) is 0 Å². The molecule has 33 heavy (non-hydrogen) atoms. The van der Waals surface area contributed by atoms with Gasteiger partial charge in [-0.1, -0.05) is 6.07 Å². The summed E-state index contributed by atoms with van der Waals surface area (Å²) in [4.78, 5) is 14.2. The van der Waals surface area contributed by atoms with E-state index >= 15 is 0 Å². The number of aromatic amines is 1. The van der Waals surface area contributed by atoms with E-state index in [4.69, 9.17) is 9.47 Å². The van der Waals surface area contributed by atoms with Crippen molar-refractivity contribution in [1.29, 1.82) is 0 Å². The highest BCUT2D eigenvalue weighted by Gasteiger charge is 2.24. The van der Waals surface area contributed by atoms with E-state index in [9.17, 15) is 8.42 Å². The molecule has 0 bridgehead atoms. The number of benzene rings is 2. The highest BCUT2D eigenvalue weighted by Crippen LogP contribution is 2.29. The van der Waals surface area contributed by atoms with Crippen molar-refractivity contribution in [3.8, 4) is 5.75 Å². The Morgan fingerprint density at radius 2 is 1.91 bits per heavy atom. The van der Waals surface area contributed by atoms with Crippen LogP contribution in [0.15, 0.2) is 70.7 Å². The molecule has 2 aromatic carbocycles. The number of aromatic nitrogens is 3. The molecule has 0 amide bonds. The number of hydrogen-bond donors (Lipinski definition) is 2. The molecule has 9 nitrogen and oxygen atoms in total. The van der Waals surface area contributed by atoms with Gasteiger partial charge in [-0.2, -0.15) is 0 Å². The minimum atomic E-state index is -3.81. The van der Waals surface area contributed by atoms with Gasteiger partial charge in [0.1, 0.15) is 16.2 Å². The van der Waals surface area contributed by atoms with Crippen LogP contribution in [-0.2, 0) is 14.6 Å². The Morgan fingerprint density at radius 1 is 1.12 bits per heavy atom. The molecule has 1 fully saturated rings. The SMILES string of the molecule is COc1cccc(S(=O)(=O)c2c[nH]c3cnc(Nc4ccc(N5CCOCC5)cc4)nc23)c1. The molecule has 170 valence electrons. The zero-order valence-electron chi connectivity index (χ0n) is 18.0. The van der Waals surface area contributed by atoms with Gasteiger partial charge in [-0.15, -0.1) is 0 Å². The average molecular weight is 466 g/mol. The largest absolute Gasteiger partial charge is 0.497 e. The second-order valence-electron chi connectivity index (χ2n) is 7.56. The number of methoxy groups -OCH3 is 1. The lowest BCUT2D eigenvalue weighted by atomic mass is 10.2. The first-order valence-corrected chi connectivity index (χ1v) is 12.0.